The Balaban J connectivity index is 1.22. The summed E-state index contributed by atoms with van der Waals surface area (Å²) in [5.41, 5.74) is 20.3. The van der Waals surface area contributed by atoms with Crippen LogP contribution in [-0.2, 0) is 6.18 Å². The molecule has 2 aromatic heterocycles. The fourth-order valence-corrected chi connectivity index (χ4v) is 12.2. The van der Waals surface area contributed by atoms with Crippen molar-refractivity contribution in [2.24, 2.45) is 0 Å². The zero-order chi connectivity index (χ0) is 54.5. The van der Waals surface area contributed by atoms with Crippen LogP contribution in [0.2, 0.25) is 0 Å². The highest BCUT2D eigenvalue weighted by Gasteiger charge is 2.35. The minimum atomic E-state index is -4.81. The highest BCUT2D eigenvalue weighted by atomic mass is 19.4. The number of nitriles is 1. The summed E-state index contributed by atoms with van der Waals surface area (Å²) in [5.74, 6) is 0. The molecule has 378 valence electrons. The Hall–Kier alpha value is -9.43. The van der Waals surface area contributed by atoms with Crippen LogP contribution in [0.4, 0.5) is 18.9 Å². The fraction of sp³-hybridized carbons (Fsp3) is 0.127. The largest absolute Gasteiger partial charge is 0.415 e. The molecule has 0 aliphatic carbocycles. The highest BCUT2D eigenvalue weighted by Crippen LogP contribution is 2.48. The van der Waals surface area contributed by atoms with Crippen LogP contribution >= 0.6 is 0 Å². The fourth-order valence-electron chi connectivity index (χ4n) is 12.2. The van der Waals surface area contributed by atoms with Gasteiger partial charge in [0, 0.05) is 21.5 Å². The lowest BCUT2D eigenvalue weighted by Crippen LogP contribution is -2.09. The van der Waals surface area contributed by atoms with Crippen molar-refractivity contribution < 1.29 is 13.2 Å². The Morgan fingerprint density at radius 1 is 0.385 bits per heavy atom. The maximum atomic E-state index is 15.5. The lowest BCUT2D eigenvalue weighted by atomic mass is 9.94. The summed E-state index contributed by atoms with van der Waals surface area (Å²) in [7, 11) is 0. The predicted octanol–water partition coefficient (Wildman–Crippen LogP) is 20.1. The molecule has 78 heavy (non-hydrogen) atoms. The van der Waals surface area contributed by atoms with Crippen molar-refractivity contribution in [3.63, 3.8) is 0 Å². The van der Waals surface area contributed by atoms with Gasteiger partial charge < -0.3 is 9.13 Å². The summed E-state index contributed by atoms with van der Waals surface area (Å²) in [5, 5.41) is 15.6. The van der Waals surface area contributed by atoms with E-state index >= 15 is 13.2 Å². The van der Waals surface area contributed by atoms with Crippen molar-refractivity contribution in [3.05, 3.63) is 243 Å². The molecule has 4 nitrogen and oxygen atoms in total. The van der Waals surface area contributed by atoms with E-state index in [2.05, 4.69) is 212 Å². The van der Waals surface area contributed by atoms with E-state index in [0.29, 0.717) is 11.4 Å². The lowest BCUT2D eigenvalue weighted by molar-refractivity contribution is -0.137. The number of halogens is 3. The Kier molecular flexibility index (Phi) is 11.8. The highest BCUT2D eigenvalue weighted by molar-refractivity contribution is 6.14. The number of benzene rings is 10. The van der Waals surface area contributed by atoms with Gasteiger partial charge in [-0.15, -0.1) is 0 Å². The zero-order valence-corrected chi connectivity index (χ0v) is 44.7. The number of rotatable bonds is 7. The monoisotopic (exact) mass is 1020 g/mol. The molecule has 12 rings (SSSR count). The van der Waals surface area contributed by atoms with Gasteiger partial charge in [-0.05, 0) is 172 Å². The average Bonchev–Trinajstić information content (AvgIpc) is 3.90. The van der Waals surface area contributed by atoms with Gasteiger partial charge in [0.15, 0.2) is 5.69 Å². The SMILES string of the molecule is [C-]#[N+]c1cccc(C(F)(F)F)c1-c1cc(-n2c3ccc(-c4cc(C)cc(C)c4)cc3c3cc(-c4cc(C)cc(C)c4)ccc32)c(C#N)c(-n2c3ccc(-c4cc(C)cc(C)c4)cc3c3cc(-c4cc(C)cc(C)c4)ccc32)c1. The Morgan fingerprint density at radius 3 is 0.962 bits per heavy atom. The van der Waals surface area contributed by atoms with Gasteiger partial charge in [-0.3, -0.25) is 0 Å². The van der Waals surface area contributed by atoms with Gasteiger partial charge in [0.25, 0.3) is 0 Å². The van der Waals surface area contributed by atoms with Crippen LogP contribution in [-0.4, -0.2) is 9.13 Å². The summed E-state index contributed by atoms with van der Waals surface area (Å²) in [6.45, 7) is 25.0. The van der Waals surface area contributed by atoms with Crippen LogP contribution in [0.1, 0.15) is 55.6 Å². The van der Waals surface area contributed by atoms with E-state index in [1.54, 1.807) is 12.1 Å². The van der Waals surface area contributed by atoms with Crippen LogP contribution < -0.4 is 0 Å². The number of hydrogen-bond donors (Lipinski definition) is 0. The van der Waals surface area contributed by atoms with E-state index in [0.717, 1.165) is 139 Å². The van der Waals surface area contributed by atoms with Gasteiger partial charge in [0.2, 0.25) is 0 Å². The Labute approximate surface area is 452 Å². The molecule has 0 saturated carbocycles. The summed E-state index contributed by atoms with van der Waals surface area (Å²) in [4.78, 5) is 3.72. The van der Waals surface area contributed by atoms with Gasteiger partial charge in [-0.2, -0.15) is 18.4 Å². The normalized spacial score (nSPS) is 11.8. The molecule has 12 aromatic rings. The van der Waals surface area contributed by atoms with Gasteiger partial charge in [0.1, 0.15) is 11.6 Å². The number of fused-ring (bicyclic) bond motifs is 6. The topological polar surface area (TPSA) is 38.0 Å². The zero-order valence-electron chi connectivity index (χ0n) is 44.7. The number of aromatic nitrogens is 2. The van der Waals surface area contributed by atoms with Crippen molar-refractivity contribution in [2.75, 3.05) is 0 Å². The molecule has 0 atom stereocenters. The molecule has 0 bridgehead atoms. The first-order chi connectivity index (χ1) is 37.4. The molecular formula is C71H53F3N4. The van der Waals surface area contributed by atoms with E-state index < -0.39 is 11.7 Å². The number of aryl methyl sites for hydroxylation is 8. The molecule has 0 saturated heterocycles. The van der Waals surface area contributed by atoms with E-state index in [9.17, 15) is 5.26 Å². The lowest BCUT2D eigenvalue weighted by Gasteiger charge is -2.21. The van der Waals surface area contributed by atoms with Crippen LogP contribution in [0, 0.1) is 73.3 Å². The average molecular weight is 1020 g/mol. The second kappa shape index (κ2) is 18.7. The Bertz CT molecular complexity index is 4060. The van der Waals surface area contributed by atoms with E-state index in [1.807, 2.05) is 9.13 Å². The predicted molar refractivity (Wildman–Crippen MR) is 316 cm³/mol. The van der Waals surface area contributed by atoms with Crippen LogP contribution in [0.25, 0.3) is 115 Å². The van der Waals surface area contributed by atoms with Crippen molar-refractivity contribution in [3.8, 4) is 73.1 Å². The van der Waals surface area contributed by atoms with Crippen molar-refractivity contribution >= 4 is 49.3 Å². The molecule has 0 N–H and O–H groups in total. The van der Waals surface area contributed by atoms with Gasteiger partial charge >= 0.3 is 6.18 Å². The standard InChI is InChI=1S/C71H53F3N4/c1-40-21-41(2)26-52(25-40)48-13-17-64-57(33-48)58-34-49(53-27-42(3)22-43(4)28-53)14-18-65(58)77(64)68-37-56(70-62(71(72,73)74)11-10-12-63(70)76-9)38-69(61(68)39-75)78-66-19-15-50(54-29-44(5)23-45(6)30-54)35-59(66)60-36-51(16-20-67(60)78)55-31-46(7)24-47(8)32-55/h10-38H,1-8H3. The molecule has 2 heterocycles. The molecule has 0 aliphatic heterocycles. The Morgan fingerprint density at radius 2 is 0.692 bits per heavy atom. The number of alkyl halides is 3. The molecular weight excluding hydrogens is 966 g/mol. The molecule has 0 radical (unpaired) electrons. The summed E-state index contributed by atoms with van der Waals surface area (Å²) < 4.78 is 50.6. The van der Waals surface area contributed by atoms with Gasteiger partial charge in [0.05, 0.1) is 45.6 Å². The number of nitrogens with zero attached hydrogens (tertiary/aromatic N) is 4. The van der Waals surface area contributed by atoms with Crippen LogP contribution in [0.5, 0.6) is 0 Å². The maximum absolute atomic E-state index is 15.5. The molecule has 7 heteroatoms. The minimum absolute atomic E-state index is 0.150. The van der Waals surface area contributed by atoms with E-state index in [4.69, 9.17) is 6.57 Å². The minimum Gasteiger partial charge on any atom is -0.308 e. The van der Waals surface area contributed by atoms with E-state index in [1.165, 1.54) is 12.1 Å². The third-order valence-corrected chi connectivity index (χ3v) is 15.2. The second-order valence-electron chi connectivity index (χ2n) is 21.4. The van der Waals surface area contributed by atoms with E-state index in [-0.39, 0.29) is 22.4 Å². The van der Waals surface area contributed by atoms with Crippen molar-refractivity contribution in [2.45, 2.75) is 61.6 Å². The first-order valence-electron chi connectivity index (χ1n) is 26.1. The molecule has 0 amide bonds. The van der Waals surface area contributed by atoms with Crippen molar-refractivity contribution in [1.82, 2.24) is 9.13 Å². The van der Waals surface area contributed by atoms with Gasteiger partial charge in [-0.1, -0.05) is 160 Å². The summed E-state index contributed by atoms with van der Waals surface area (Å²) in [6.07, 6.45) is -4.81. The molecule has 0 aliphatic rings. The van der Waals surface area contributed by atoms with Crippen LogP contribution in [0.3, 0.4) is 0 Å². The van der Waals surface area contributed by atoms with Crippen molar-refractivity contribution in [1.29, 1.82) is 5.26 Å². The third kappa shape index (κ3) is 8.59. The smallest absolute Gasteiger partial charge is 0.308 e. The molecule has 10 aromatic carbocycles. The van der Waals surface area contributed by atoms with Gasteiger partial charge in [-0.25, -0.2) is 4.85 Å². The maximum Gasteiger partial charge on any atom is 0.415 e. The summed E-state index contributed by atoms with van der Waals surface area (Å²) in [6, 6.07) is 61.0. The summed E-state index contributed by atoms with van der Waals surface area (Å²) >= 11 is 0. The van der Waals surface area contributed by atoms with Crippen LogP contribution in [0.15, 0.2) is 176 Å². The molecule has 0 spiro atoms. The first-order valence-corrected chi connectivity index (χ1v) is 26.1. The quantitative estimate of drug-likeness (QED) is 0.147. The third-order valence-electron chi connectivity index (χ3n) is 15.2. The first kappa shape index (κ1) is 49.4. The number of hydrogen-bond acceptors (Lipinski definition) is 1. The molecule has 0 unspecified atom stereocenters. The molecule has 0 fully saturated rings. The second-order valence-corrected chi connectivity index (χ2v) is 21.4.